The predicted octanol–water partition coefficient (Wildman–Crippen LogP) is -0.416. The molecule has 0 saturated carbocycles. The van der Waals surface area contributed by atoms with Crippen molar-refractivity contribution in [2.24, 2.45) is 0 Å². The van der Waals surface area contributed by atoms with E-state index >= 15 is 0 Å². The van der Waals surface area contributed by atoms with Gasteiger partial charge in [-0.1, -0.05) is 0 Å². The maximum atomic E-state index is 13.7. The van der Waals surface area contributed by atoms with E-state index in [-0.39, 0.29) is 13.0 Å². The summed E-state index contributed by atoms with van der Waals surface area (Å²) in [4.78, 5) is 14.7. The number of alkyl halides is 1. The van der Waals surface area contributed by atoms with Gasteiger partial charge in [0.1, 0.15) is 6.23 Å². The topological polar surface area (TPSA) is 90.4 Å². The molecule has 0 spiro atoms. The lowest BCUT2D eigenvalue weighted by atomic mass is 10.1. The Morgan fingerprint density at radius 3 is 3.06 bits per heavy atom. The average Bonchev–Trinajstić information content (AvgIpc) is 2.67. The fourth-order valence-corrected chi connectivity index (χ4v) is 1.63. The summed E-state index contributed by atoms with van der Waals surface area (Å²) in [5, 5.41) is 8.81. The van der Waals surface area contributed by atoms with Gasteiger partial charge in [-0.3, -0.25) is 4.57 Å². The fourth-order valence-electron chi connectivity index (χ4n) is 1.63. The number of rotatable bonds is 2. The minimum absolute atomic E-state index is 0.242. The second kappa shape index (κ2) is 4.04. The lowest BCUT2D eigenvalue weighted by molar-refractivity contribution is 0.0270. The van der Waals surface area contributed by atoms with Gasteiger partial charge in [-0.05, 0) is 0 Å². The van der Waals surface area contributed by atoms with E-state index in [0.717, 1.165) is 10.8 Å². The Balaban J connectivity index is 2.31. The minimum Gasteiger partial charge on any atom is -0.393 e. The van der Waals surface area contributed by atoms with Crippen LogP contribution in [0, 0.1) is 5.82 Å². The van der Waals surface area contributed by atoms with Crippen LogP contribution >= 0.6 is 0 Å². The van der Waals surface area contributed by atoms with Crippen molar-refractivity contribution in [2.75, 3.05) is 18.9 Å². The number of aliphatic hydroxyl groups is 1. The molecule has 1 aliphatic rings. The van der Waals surface area contributed by atoms with Crippen molar-refractivity contribution in [2.45, 2.75) is 18.3 Å². The monoisotopic (exact) mass is 247 g/mol. The normalized spacial score (nSPS) is 28.5. The molecule has 8 heteroatoms. The largest absolute Gasteiger partial charge is 0.393 e. The van der Waals surface area contributed by atoms with Gasteiger partial charge in [-0.2, -0.15) is 4.98 Å². The molecule has 0 amide bonds. The number of hydrogen-bond donors (Lipinski definition) is 2. The summed E-state index contributed by atoms with van der Waals surface area (Å²) in [5.74, 6) is -1.40. The van der Waals surface area contributed by atoms with Crippen molar-refractivity contribution in [3.63, 3.8) is 0 Å². The van der Waals surface area contributed by atoms with Gasteiger partial charge >= 0.3 is 5.69 Å². The molecule has 1 fully saturated rings. The Labute approximate surface area is 94.6 Å². The van der Waals surface area contributed by atoms with Gasteiger partial charge in [0.05, 0.1) is 19.4 Å². The van der Waals surface area contributed by atoms with Crippen molar-refractivity contribution in [1.82, 2.24) is 9.55 Å². The first-order valence-electron chi connectivity index (χ1n) is 4.91. The van der Waals surface area contributed by atoms with Crippen molar-refractivity contribution < 1.29 is 18.6 Å². The number of ether oxygens (including phenoxy) is 1. The molecular formula is C9H11F2N3O3. The van der Waals surface area contributed by atoms with Crippen molar-refractivity contribution in [3.8, 4) is 0 Å². The molecule has 0 bridgehead atoms. The summed E-state index contributed by atoms with van der Waals surface area (Å²) >= 11 is 0. The van der Waals surface area contributed by atoms with Gasteiger partial charge in [0.15, 0.2) is 17.3 Å². The molecule has 1 saturated heterocycles. The van der Waals surface area contributed by atoms with Crippen LogP contribution in [-0.2, 0) is 4.74 Å². The molecule has 2 atom stereocenters. The summed E-state index contributed by atoms with van der Waals surface area (Å²) in [7, 11) is 0. The van der Waals surface area contributed by atoms with Gasteiger partial charge in [0, 0.05) is 6.42 Å². The highest BCUT2D eigenvalue weighted by Crippen LogP contribution is 2.33. The zero-order chi connectivity index (χ0) is 12.6. The zero-order valence-electron chi connectivity index (χ0n) is 8.77. The van der Waals surface area contributed by atoms with E-state index in [1.54, 1.807) is 0 Å². The SMILES string of the molecule is Nc1nc(=O)n([C@H]2C[C@](F)(CO)CO2)cc1F. The molecule has 1 aromatic heterocycles. The van der Waals surface area contributed by atoms with Crippen molar-refractivity contribution in [1.29, 1.82) is 0 Å². The van der Waals surface area contributed by atoms with Crippen LogP contribution in [0.4, 0.5) is 14.6 Å². The Kier molecular flexibility index (Phi) is 2.84. The lowest BCUT2D eigenvalue weighted by Crippen LogP contribution is -2.30. The second-order valence-corrected chi connectivity index (χ2v) is 3.94. The molecular weight excluding hydrogens is 236 g/mol. The van der Waals surface area contributed by atoms with E-state index in [2.05, 4.69) is 4.98 Å². The van der Waals surface area contributed by atoms with Crippen LogP contribution in [-0.4, -0.2) is 33.5 Å². The number of aromatic nitrogens is 2. The smallest absolute Gasteiger partial charge is 0.351 e. The van der Waals surface area contributed by atoms with Gasteiger partial charge in [-0.25, -0.2) is 13.6 Å². The summed E-state index contributed by atoms with van der Waals surface area (Å²) < 4.78 is 32.6. The van der Waals surface area contributed by atoms with Crippen LogP contribution < -0.4 is 11.4 Å². The Bertz CT molecular complexity index is 493. The van der Waals surface area contributed by atoms with E-state index in [9.17, 15) is 13.6 Å². The number of anilines is 1. The van der Waals surface area contributed by atoms with E-state index < -0.39 is 35.8 Å². The molecule has 1 aromatic rings. The van der Waals surface area contributed by atoms with E-state index in [0.29, 0.717) is 0 Å². The van der Waals surface area contributed by atoms with E-state index in [4.69, 9.17) is 15.6 Å². The van der Waals surface area contributed by atoms with Crippen molar-refractivity contribution >= 4 is 5.82 Å². The van der Waals surface area contributed by atoms with Crippen LogP contribution in [0.15, 0.2) is 11.0 Å². The standard InChI is InChI=1S/C9H11F2N3O3/c10-5-2-14(8(16)13-7(5)12)6-1-9(11,3-15)4-17-6/h2,6,15H,1,3-4H2,(H2,12,13,16)/t6-,9+/m1/s1. The number of halogens is 2. The zero-order valence-corrected chi connectivity index (χ0v) is 8.77. The molecule has 6 nitrogen and oxygen atoms in total. The maximum absolute atomic E-state index is 13.7. The molecule has 1 aliphatic heterocycles. The van der Waals surface area contributed by atoms with Gasteiger partial charge in [0.25, 0.3) is 0 Å². The third kappa shape index (κ3) is 2.13. The fraction of sp³-hybridized carbons (Fsp3) is 0.556. The first kappa shape index (κ1) is 11.9. The highest BCUT2D eigenvalue weighted by molar-refractivity contribution is 5.26. The summed E-state index contributed by atoms with van der Waals surface area (Å²) in [6.45, 7) is -1.07. The first-order valence-corrected chi connectivity index (χ1v) is 4.91. The van der Waals surface area contributed by atoms with Crippen LogP contribution in [0.5, 0.6) is 0 Å². The predicted molar refractivity (Wildman–Crippen MR) is 53.4 cm³/mol. The highest BCUT2D eigenvalue weighted by Gasteiger charge is 2.41. The lowest BCUT2D eigenvalue weighted by Gasteiger charge is -2.14. The van der Waals surface area contributed by atoms with E-state index in [1.807, 2.05) is 0 Å². The highest BCUT2D eigenvalue weighted by atomic mass is 19.1. The van der Waals surface area contributed by atoms with Crippen LogP contribution in [0.2, 0.25) is 0 Å². The quantitative estimate of drug-likeness (QED) is 0.741. The Morgan fingerprint density at radius 1 is 1.76 bits per heavy atom. The second-order valence-electron chi connectivity index (χ2n) is 3.94. The van der Waals surface area contributed by atoms with Crippen LogP contribution in [0.3, 0.4) is 0 Å². The molecule has 0 aliphatic carbocycles. The number of aliphatic hydroxyl groups excluding tert-OH is 1. The molecule has 2 heterocycles. The average molecular weight is 247 g/mol. The molecule has 94 valence electrons. The van der Waals surface area contributed by atoms with Crippen molar-refractivity contribution in [3.05, 3.63) is 22.5 Å². The third-order valence-electron chi connectivity index (χ3n) is 2.60. The first-order chi connectivity index (χ1) is 7.95. The molecule has 2 rings (SSSR count). The van der Waals surface area contributed by atoms with Crippen LogP contribution in [0.1, 0.15) is 12.6 Å². The third-order valence-corrected chi connectivity index (χ3v) is 2.60. The van der Waals surface area contributed by atoms with Gasteiger partial charge in [-0.15, -0.1) is 0 Å². The number of nitrogens with zero attached hydrogens (tertiary/aromatic N) is 2. The molecule has 17 heavy (non-hydrogen) atoms. The molecule has 3 N–H and O–H groups in total. The molecule has 0 unspecified atom stereocenters. The Hall–Kier alpha value is -1.54. The summed E-state index contributed by atoms with van der Waals surface area (Å²) in [5.41, 5.74) is 2.38. The van der Waals surface area contributed by atoms with Crippen LogP contribution in [0.25, 0.3) is 0 Å². The summed E-state index contributed by atoms with van der Waals surface area (Å²) in [6.07, 6.45) is -0.408. The number of nitrogens with two attached hydrogens (primary N) is 1. The number of nitrogen functional groups attached to an aromatic ring is 1. The maximum Gasteiger partial charge on any atom is 0.351 e. The summed E-state index contributed by atoms with van der Waals surface area (Å²) in [6, 6.07) is 0. The number of hydrogen-bond acceptors (Lipinski definition) is 5. The van der Waals surface area contributed by atoms with Gasteiger partial charge in [0.2, 0.25) is 0 Å². The molecule has 0 radical (unpaired) electrons. The van der Waals surface area contributed by atoms with E-state index in [1.165, 1.54) is 0 Å². The van der Waals surface area contributed by atoms with Gasteiger partial charge < -0.3 is 15.6 Å². The molecule has 0 aromatic carbocycles. The minimum atomic E-state index is -1.91. The Morgan fingerprint density at radius 2 is 2.47 bits per heavy atom.